The number of rotatable bonds is 4. The predicted molar refractivity (Wildman–Crippen MR) is 102 cm³/mol. The number of carbonyl (C=O) groups is 1. The number of hydrogen-bond donors (Lipinski definition) is 2. The van der Waals surface area contributed by atoms with Crippen molar-refractivity contribution in [3.05, 3.63) is 46.1 Å². The number of fused-ring (bicyclic) bond motifs is 1. The third-order valence-corrected chi connectivity index (χ3v) is 6.26. The number of hydrogen-bond acceptors (Lipinski definition) is 6. The topological polar surface area (TPSA) is 127 Å². The zero-order chi connectivity index (χ0) is 22.4. The molecule has 3 heterocycles. The Balaban J connectivity index is 1.82. The van der Waals surface area contributed by atoms with Gasteiger partial charge in [-0.3, -0.25) is 14.7 Å². The van der Waals surface area contributed by atoms with E-state index in [1.165, 1.54) is 6.26 Å². The summed E-state index contributed by atoms with van der Waals surface area (Å²) in [5, 5.41) is 2.36. The first-order valence-corrected chi connectivity index (χ1v) is 10.9. The molecule has 1 aliphatic carbocycles. The van der Waals surface area contributed by atoms with E-state index in [4.69, 9.17) is 4.42 Å². The lowest BCUT2D eigenvalue weighted by Crippen LogP contribution is -2.40. The fourth-order valence-corrected chi connectivity index (χ4v) is 4.22. The summed E-state index contributed by atoms with van der Waals surface area (Å²) < 4.78 is 67.4. The van der Waals surface area contributed by atoms with Crippen LogP contribution in [0.15, 0.2) is 33.7 Å². The molecule has 0 aromatic carbocycles. The second-order valence-corrected chi connectivity index (χ2v) is 8.91. The molecule has 1 aliphatic rings. The van der Waals surface area contributed by atoms with Gasteiger partial charge in [0, 0.05) is 6.07 Å². The number of H-pyrrole nitrogens is 1. The van der Waals surface area contributed by atoms with Gasteiger partial charge in [-0.15, -0.1) is 0 Å². The van der Waals surface area contributed by atoms with E-state index in [9.17, 15) is 31.2 Å². The lowest BCUT2D eigenvalue weighted by molar-refractivity contribution is -0.0446. The van der Waals surface area contributed by atoms with E-state index in [2.05, 4.69) is 10.1 Å². The van der Waals surface area contributed by atoms with E-state index in [0.29, 0.717) is 11.3 Å². The van der Waals surface area contributed by atoms with Crippen molar-refractivity contribution in [2.75, 3.05) is 0 Å². The van der Waals surface area contributed by atoms with Gasteiger partial charge >= 0.3 is 15.5 Å². The van der Waals surface area contributed by atoms with Crippen LogP contribution in [0.2, 0.25) is 0 Å². The fourth-order valence-electron chi connectivity index (χ4n) is 3.75. The van der Waals surface area contributed by atoms with Gasteiger partial charge in [0.1, 0.15) is 11.4 Å². The SMILES string of the molecule is O=C(NS(=O)(=O)C(F)(F)F)c1cc2nc(-c3ccco3)c(C3CCCCC3)c(=O)n2[nH]1. The van der Waals surface area contributed by atoms with Crippen molar-refractivity contribution in [1.29, 1.82) is 0 Å². The number of aromatic amines is 1. The number of halogens is 3. The molecule has 3 aromatic heterocycles. The van der Waals surface area contributed by atoms with Crippen LogP contribution in [0.4, 0.5) is 13.2 Å². The first kappa shape index (κ1) is 21.2. The summed E-state index contributed by atoms with van der Waals surface area (Å²) in [5.41, 5.74) is -6.15. The highest BCUT2D eigenvalue weighted by molar-refractivity contribution is 7.90. The molecule has 3 aromatic rings. The van der Waals surface area contributed by atoms with Crippen molar-refractivity contribution < 1.29 is 30.8 Å². The fraction of sp³-hybridized carbons (Fsp3) is 0.389. The van der Waals surface area contributed by atoms with Gasteiger partial charge in [-0.25, -0.2) is 14.2 Å². The molecule has 166 valence electrons. The molecule has 2 N–H and O–H groups in total. The van der Waals surface area contributed by atoms with Crippen molar-refractivity contribution in [2.24, 2.45) is 0 Å². The molecular formula is C18H17F3N4O5S. The normalized spacial score (nSPS) is 16.0. The lowest BCUT2D eigenvalue weighted by atomic mass is 9.83. The molecule has 0 aliphatic heterocycles. The third-order valence-electron chi connectivity index (χ3n) is 5.19. The Morgan fingerprint density at radius 1 is 1.26 bits per heavy atom. The van der Waals surface area contributed by atoms with Gasteiger partial charge in [-0.2, -0.15) is 21.6 Å². The Bertz CT molecular complexity index is 1290. The molecule has 13 heteroatoms. The number of furan rings is 1. The standard InChI is InChI=1S/C18H17F3N4O5S/c19-18(20,21)31(28,29)24-16(26)11-9-13-22-15(12-7-4-8-30-12)14(17(27)25(13)23-11)10-5-2-1-3-6-10/h4,7-10,23H,1-3,5-6H2,(H,24,26). The maximum absolute atomic E-state index is 13.2. The highest BCUT2D eigenvalue weighted by Crippen LogP contribution is 2.35. The minimum absolute atomic E-state index is 0.0643. The summed E-state index contributed by atoms with van der Waals surface area (Å²) in [6.07, 6.45) is 5.84. The molecule has 4 rings (SSSR count). The van der Waals surface area contributed by atoms with Crippen molar-refractivity contribution in [1.82, 2.24) is 19.3 Å². The molecule has 31 heavy (non-hydrogen) atoms. The van der Waals surface area contributed by atoms with Crippen LogP contribution in [0, 0.1) is 0 Å². The summed E-state index contributed by atoms with van der Waals surface area (Å²) >= 11 is 0. The van der Waals surface area contributed by atoms with E-state index in [1.807, 2.05) is 0 Å². The Kier molecular flexibility index (Phi) is 5.15. The molecule has 9 nitrogen and oxygen atoms in total. The molecule has 1 amide bonds. The van der Waals surface area contributed by atoms with Crippen LogP contribution in [-0.2, 0) is 10.0 Å². The van der Waals surface area contributed by atoms with Gasteiger partial charge in [0.2, 0.25) is 0 Å². The van der Waals surface area contributed by atoms with Gasteiger partial charge in [-0.05, 0) is 30.9 Å². The van der Waals surface area contributed by atoms with Crippen molar-refractivity contribution >= 4 is 21.6 Å². The second kappa shape index (κ2) is 7.55. The molecule has 1 saturated carbocycles. The van der Waals surface area contributed by atoms with Crippen LogP contribution in [-0.4, -0.2) is 34.4 Å². The Morgan fingerprint density at radius 2 is 1.97 bits per heavy atom. The Morgan fingerprint density at radius 3 is 2.58 bits per heavy atom. The number of sulfonamides is 1. The second-order valence-electron chi connectivity index (χ2n) is 7.24. The maximum atomic E-state index is 13.2. The Hall–Kier alpha value is -3.09. The average molecular weight is 458 g/mol. The number of amides is 1. The van der Waals surface area contributed by atoms with Gasteiger partial charge in [0.15, 0.2) is 11.4 Å². The van der Waals surface area contributed by atoms with Gasteiger partial charge in [0.05, 0.1) is 11.8 Å². The van der Waals surface area contributed by atoms with Crippen molar-refractivity contribution in [3.8, 4) is 11.5 Å². The highest BCUT2D eigenvalue weighted by atomic mass is 32.2. The van der Waals surface area contributed by atoms with E-state index >= 15 is 0 Å². The number of carbonyl (C=O) groups excluding carboxylic acids is 1. The van der Waals surface area contributed by atoms with Gasteiger partial charge in [-0.1, -0.05) is 19.3 Å². The lowest BCUT2D eigenvalue weighted by Gasteiger charge is -2.22. The highest BCUT2D eigenvalue weighted by Gasteiger charge is 2.47. The van der Waals surface area contributed by atoms with Gasteiger partial charge in [0.25, 0.3) is 11.5 Å². The number of alkyl halides is 3. The maximum Gasteiger partial charge on any atom is 0.516 e. The molecule has 0 unspecified atom stereocenters. The van der Waals surface area contributed by atoms with Crippen LogP contribution in [0.3, 0.4) is 0 Å². The molecule has 0 radical (unpaired) electrons. The van der Waals surface area contributed by atoms with Crippen molar-refractivity contribution in [3.63, 3.8) is 0 Å². The number of nitrogens with zero attached hydrogens (tertiary/aromatic N) is 2. The largest absolute Gasteiger partial charge is 0.516 e. The molecule has 0 saturated heterocycles. The van der Waals surface area contributed by atoms with E-state index in [1.54, 1.807) is 12.1 Å². The van der Waals surface area contributed by atoms with Crippen molar-refractivity contribution in [2.45, 2.75) is 43.5 Å². The first-order valence-electron chi connectivity index (χ1n) is 9.41. The summed E-state index contributed by atoms with van der Waals surface area (Å²) in [7, 11) is -5.90. The predicted octanol–water partition coefficient (Wildman–Crippen LogP) is 2.91. The minimum atomic E-state index is -5.90. The minimum Gasteiger partial charge on any atom is -0.463 e. The summed E-state index contributed by atoms with van der Waals surface area (Å²) in [6.45, 7) is 0. The van der Waals surface area contributed by atoms with E-state index in [-0.39, 0.29) is 17.3 Å². The monoisotopic (exact) mass is 458 g/mol. The van der Waals surface area contributed by atoms with Crippen LogP contribution in [0.25, 0.3) is 17.1 Å². The smallest absolute Gasteiger partial charge is 0.463 e. The third kappa shape index (κ3) is 3.84. The zero-order valence-electron chi connectivity index (χ0n) is 15.9. The molecule has 0 spiro atoms. The summed E-state index contributed by atoms with van der Waals surface area (Å²) in [5.74, 6) is -1.33. The van der Waals surface area contributed by atoms with Gasteiger partial charge < -0.3 is 4.42 Å². The Labute approximate surface area is 173 Å². The number of aromatic nitrogens is 3. The molecule has 0 atom stereocenters. The van der Waals surface area contributed by atoms with Crippen LogP contribution < -0.4 is 10.3 Å². The summed E-state index contributed by atoms with van der Waals surface area (Å²) in [6, 6.07) is 4.25. The van der Waals surface area contributed by atoms with Crippen LogP contribution in [0.5, 0.6) is 0 Å². The molecule has 1 fully saturated rings. The summed E-state index contributed by atoms with van der Waals surface area (Å²) in [4.78, 5) is 29.7. The van der Waals surface area contributed by atoms with E-state index in [0.717, 1.165) is 47.4 Å². The molecule has 0 bridgehead atoms. The molecular weight excluding hydrogens is 441 g/mol. The van der Waals surface area contributed by atoms with Crippen LogP contribution in [0.1, 0.15) is 54.1 Å². The quantitative estimate of drug-likeness (QED) is 0.619. The van der Waals surface area contributed by atoms with Crippen LogP contribution >= 0.6 is 0 Å². The average Bonchev–Trinajstić information content (AvgIpc) is 3.37. The zero-order valence-corrected chi connectivity index (χ0v) is 16.7. The first-order chi connectivity index (χ1) is 14.6. The number of nitrogens with one attached hydrogen (secondary N) is 2. The van der Waals surface area contributed by atoms with E-state index < -0.39 is 32.7 Å².